The Bertz CT molecular complexity index is 2570. The zero-order valence-corrected chi connectivity index (χ0v) is 40.3. The van der Waals surface area contributed by atoms with Gasteiger partial charge in [0.05, 0.1) is 41.3 Å². The molecule has 0 radical (unpaired) electrons. The van der Waals surface area contributed by atoms with E-state index in [1.807, 2.05) is 45.1 Å². The molecule has 2 N–H and O–H groups in total. The molecule has 9 heteroatoms. The normalized spacial score (nSPS) is 19.4. The second-order valence-electron chi connectivity index (χ2n) is 18.8. The number of hydrogen-bond acceptors (Lipinski definition) is 8. The molecule has 5 heterocycles. The fraction of sp³-hybridized carbons (Fsp3) is 0.473. The van der Waals surface area contributed by atoms with E-state index in [-0.39, 0.29) is 12.4 Å². The van der Waals surface area contributed by atoms with Crippen LogP contribution in [-0.2, 0) is 19.1 Å². The molecule has 1 aromatic rings. The van der Waals surface area contributed by atoms with E-state index in [0.29, 0.717) is 51.0 Å². The summed E-state index contributed by atoms with van der Waals surface area (Å²) >= 11 is 0. The molecule has 9 nitrogen and oxygen atoms in total. The molecule has 6 rings (SSSR count). The van der Waals surface area contributed by atoms with Gasteiger partial charge in [0.15, 0.2) is 0 Å². The summed E-state index contributed by atoms with van der Waals surface area (Å²) in [5.41, 5.74) is 12.1. The first kappa shape index (κ1) is 47.9. The van der Waals surface area contributed by atoms with Crippen LogP contribution in [0.5, 0.6) is 0 Å². The van der Waals surface area contributed by atoms with Crippen LogP contribution in [0.25, 0.3) is 18.2 Å². The van der Waals surface area contributed by atoms with E-state index >= 15 is 0 Å². The predicted molar refractivity (Wildman–Crippen MR) is 263 cm³/mol. The molecule has 1 aromatic heterocycles. The number of aliphatic hydroxyl groups is 1. The molecule has 5 aliphatic rings. The zero-order chi connectivity index (χ0) is 46.4. The zero-order valence-electron chi connectivity index (χ0n) is 40.3. The van der Waals surface area contributed by atoms with E-state index in [1.54, 1.807) is 6.08 Å². The smallest absolute Gasteiger partial charge is 0.331 e. The molecule has 0 unspecified atom stereocenters. The fourth-order valence-electron chi connectivity index (χ4n) is 9.54. The number of aliphatic hydroxyl groups excluding tert-OH is 1. The largest absolute Gasteiger partial charge is 0.510 e. The molecule has 0 saturated carbocycles. The van der Waals surface area contributed by atoms with Gasteiger partial charge in [0.25, 0.3) is 0 Å². The summed E-state index contributed by atoms with van der Waals surface area (Å²) in [6.07, 6.45) is 24.9. The minimum Gasteiger partial charge on any atom is -0.510 e. The van der Waals surface area contributed by atoms with Gasteiger partial charge in [0.1, 0.15) is 18.3 Å². The van der Waals surface area contributed by atoms with E-state index in [9.17, 15) is 14.7 Å². The van der Waals surface area contributed by atoms with E-state index in [1.165, 1.54) is 63.7 Å². The van der Waals surface area contributed by atoms with E-state index < -0.39 is 17.9 Å². The SMILES string of the molecule is C=Cc1c(C)c2[nH]c1=CC1=NC(=CC3=C(C)C4=C(O)[C@H](C(=O)OC)C(=C5N=C(C=2)C(C)=C5/C=C/C(=O)OC/C=C(\C)CCC[C@H](C)CCC[C@H](C)CCCC(C)C)C4=N3)C(CC)=C1C. The first-order valence-corrected chi connectivity index (χ1v) is 23.5. The van der Waals surface area contributed by atoms with Crippen molar-refractivity contribution in [1.82, 2.24) is 4.98 Å². The Hall–Kier alpha value is -5.57. The highest BCUT2D eigenvalue weighted by Gasteiger charge is 2.47. The standard InChI is InChI=1S/C55H70N4O5/c1-13-39-35(8)42-28-44-37(10)41(24-25-48(60)64-27-26-34(7)23-17-22-33(6)21-16-20-32(5)19-15-18-31(3)4)52(58-44)50-51(55(62)63-12)54(61)49-38(11)45(59-53(49)50)30-47-40(14-2)36(9)43(57-47)29-46(39)56-42/h13,24-26,28-33,51,56,61H,1,14-23,27H2,2-12H3/b25-24+,34-26+,42-28?,46-29?,47-30?,52-50?/t32-,33-,51-/m1/s1. The van der Waals surface area contributed by atoms with Gasteiger partial charge < -0.3 is 19.6 Å². The van der Waals surface area contributed by atoms with Crippen molar-refractivity contribution in [3.05, 3.63) is 120 Å². The highest BCUT2D eigenvalue weighted by Crippen LogP contribution is 2.47. The summed E-state index contributed by atoms with van der Waals surface area (Å²) in [6, 6.07) is 0. The molecule has 0 aromatic carbocycles. The Kier molecular flexibility index (Phi) is 15.7. The highest BCUT2D eigenvalue weighted by atomic mass is 16.5. The van der Waals surface area contributed by atoms with Gasteiger partial charge in [0.2, 0.25) is 0 Å². The summed E-state index contributed by atoms with van der Waals surface area (Å²) in [4.78, 5) is 45.8. The molecular formula is C55H70N4O5. The Balaban J connectivity index is 1.25. The summed E-state index contributed by atoms with van der Waals surface area (Å²) in [5.74, 6) is -0.137. The number of carbonyl (C=O) groups excluding carboxylic acids is 2. The predicted octanol–water partition coefficient (Wildman–Crippen LogP) is 11.5. The number of aliphatic imine (C=N–C) groups is 3. The van der Waals surface area contributed by atoms with Gasteiger partial charge in [-0.1, -0.05) is 97.8 Å². The number of aromatic nitrogens is 1. The summed E-state index contributed by atoms with van der Waals surface area (Å²) in [7, 11) is 1.30. The van der Waals surface area contributed by atoms with E-state index in [2.05, 4.69) is 66.1 Å². The van der Waals surface area contributed by atoms with Crippen molar-refractivity contribution >= 4 is 47.3 Å². The molecule has 0 fully saturated rings. The molecule has 0 spiro atoms. The van der Waals surface area contributed by atoms with Gasteiger partial charge in [0, 0.05) is 39.1 Å². The number of H-pyrrole nitrogens is 1. The molecular weight excluding hydrogens is 797 g/mol. The third-order valence-electron chi connectivity index (χ3n) is 13.6. The van der Waals surface area contributed by atoms with Gasteiger partial charge in [-0.25, -0.2) is 19.8 Å². The number of aromatic amines is 1. The maximum absolute atomic E-state index is 13.6. The lowest BCUT2D eigenvalue weighted by molar-refractivity contribution is -0.143. The second kappa shape index (κ2) is 21.0. The number of methoxy groups -OCH3 is 1. The Morgan fingerprint density at radius 2 is 1.53 bits per heavy atom. The summed E-state index contributed by atoms with van der Waals surface area (Å²) in [6.45, 7) is 25.8. The molecule has 1 aliphatic carbocycles. The average Bonchev–Trinajstić information content (AvgIpc) is 3.99. The topological polar surface area (TPSA) is 126 Å². The van der Waals surface area contributed by atoms with Crippen LogP contribution >= 0.6 is 0 Å². The summed E-state index contributed by atoms with van der Waals surface area (Å²) < 4.78 is 11.0. The molecule has 64 heavy (non-hydrogen) atoms. The van der Waals surface area contributed by atoms with Gasteiger partial charge in [-0.15, -0.1) is 0 Å². The van der Waals surface area contributed by atoms with Gasteiger partial charge in [-0.2, -0.15) is 0 Å². The van der Waals surface area contributed by atoms with Crippen molar-refractivity contribution < 1.29 is 24.2 Å². The number of hydrogen-bond donors (Lipinski definition) is 2. The van der Waals surface area contributed by atoms with E-state index in [0.717, 1.165) is 81.1 Å². The number of esters is 2. The number of nitrogens with zero attached hydrogens (tertiary/aromatic N) is 3. The molecule has 4 aliphatic heterocycles. The van der Waals surface area contributed by atoms with Crippen LogP contribution in [-0.4, -0.2) is 52.9 Å². The molecule has 0 saturated heterocycles. The van der Waals surface area contributed by atoms with Crippen molar-refractivity contribution in [2.24, 2.45) is 38.6 Å². The third kappa shape index (κ3) is 10.3. The first-order valence-electron chi connectivity index (χ1n) is 23.5. The molecule has 340 valence electrons. The van der Waals surface area contributed by atoms with Crippen molar-refractivity contribution in [3.63, 3.8) is 0 Å². The highest BCUT2D eigenvalue weighted by molar-refractivity contribution is 6.28. The molecule has 0 amide bonds. The molecule has 3 atom stereocenters. The Morgan fingerprint density at radius 3 is 2.19 bits per heavy atom. The Labute approximate surface area is 381 Å². The third-order valence-corrected chi connectivity index (χ3v) is 13.6. The van der Waals surface area contributed by atoms with Crippen LogP contribution in [0.2, 0.25) is 0 Å². The lowest BCUT2D eigenvalue weighted by Crippen LogP contribution is -2.20. The van der Waals surface area contributed by atoms with Crippen LogP contribution in [0.3, 0.4) is 0 Å². The lowest BCUT2D eigenvalue weighted by Gasteiger charge is -2.15. The monoisotopic (exact) mass is 867 g/mol. The lowest BCUT2D eigenvalue weighted by atomic mass is 9.91. The van der Waals surface area contributed by atoms with Crippen LogP contribution < -0.4 is 10.7 Å². The van der Waals surface area contributed by atoms with Gasteiger partial charge in [-0.05, 0) is 130 Å². The maximum atomic E-state index is 13.6. The number of nitrogens with one attached hydrogen (secondary N) is 1. The van der Waals surface area contributed by atoms with Crippen LogP contribution in [0.1, 0.15) is 138 Å². The number of ether oxygens (including phenoxy) is 2. The van der Waals surface area contributed by atoms with Crippen LogP contribution in [0.15, 0.2) is 113 Å². The van der Waals surface area contributed by atoms with Crippen molar-refractivity contribution in [2.45, 2.75) is 133 Å². The van der Waals surface area contributed by atoms with E-state index in [4.69, 9.17) is 24.5 Å². The summed E-state index contributed by atoms with van der Waals surface area (Å²) in [5, 5.41) is 13.6. The van der Waals surface area contributed by atoms with Crippen molar-refractivity contribution in [3.8, 4) is 0 Å². The number of fused-ring (bicyclic) bond motifs is 5. The number of allylic oxidation sites excluding steroid dienone is 8. The van der Waals surface area contributed by atoms with Gasteiger partial charge in [-0.3, -0.25) is 4.79 Å². The Morgan fingerprint density at radius 1 is 0.875 bits per heavy atom. The quantitative estimate of drug-likeness (QED) is 0.0814. The van der Waals surface area contributed by atoms with Crippen molar-refractivity contribution in [1.29, 1.82) is 0 Å². The average molecular weight is 867 g/mol. The van der Waals surface area contributed by atoms with Gasteiger partial charge >= 0.3 is 11.9 Å². The van der Waals surface area contributed by atoms with Crippen LogP contribution in [0.4, 0.5) is 0 Å². The fourth-order valence-corrected chi connectivity index (χ4v) is 9.54. The maximum Gasteiger partial charge on any atom is 0.331 e. The van der Waals surface area contributed by atoms with Crippen LogP contribution in [0, 0.1) is 30.6 Å². The van der Waals surface area contributed by atoms with Crippen molar-refractivity contribution in [2.75, 3.05) is 13.7 Å². The molecule has 8 bridgehead atoms. The first-order chi connectivity index (χ1) is 30.6. The number of carbonyl (C=O) groups is 2. The second-order valence-corrected chi connectivity index (χ2v) is 18.8. The number of rotatable bonds is 19. The minimum absolute atomic E-state index is 0.144. The minimum atomic E-state index is -1.17.